The van der Waals surface area contributed by atoms with Crippen molar-refractivity contribution in [3.05, 3.63) is 34.0 Å². The fourth-order valence-corrected chi connectivity index (χ4v) is 2.45. The zero-order valence-electron chi connectivity index (χ0n) is 12.1. The predicted octanol–water partition coefficient (Wildman–Crippen LogP) is 2.48. The van der Waals surface area contributed by atoms with Gasteiger partial charge in [-0.15, -0.1) is 10.2 Å². The van der Waals surface area contributed by atoms with Crippen LogP contribution in [0.3, 0.4) is 0 Å². The van der Waals surface area contributed by atoms with Gasteiger partial charge in [0, 0.05) is 6.42 Å². The molecule has 0 unspecified atom stereocenters. The average Bonchev–Trinajstić information content (AvgIpc) is 2.94. The van der Waals surface area contributed by atoms with Crippen LogP contribution in [-0.2, 0) is 19.4 Å². The van der Waals surface area contributed by atoms with Crippen molar-refractivity contribution in [2.24, 2.45) is 5.73 Å². The predicted molar refractivity (Wildman–Crippen MR) is 81.5 cm³/mol. The molecule has 0 bridgehead atoms. The molecule has 0 saturated heterocycles. The van der Waals surface area contributed by atoms with Crippen LogP contribution in [0.2, 0.25) is 0 Å². The summed E-state index contributed by atoms with van der Waals surface area (Å²) in [5, 5.41) is 7.82. The first-order valence-electron chi connectivity index (χ1n) is 6.68. The third kappa shape index (κ3) is 3.95. The maximum absolute atomic E-state index is 5.74. The molecular formula is C14H18BrN3O3. The molecule has 0 spiro atoms. The molecule has 1 aromatic heterocycles. The minimum absolute atomic E-state index is 0.193. The Morgan fingerprint density at radius 1 is 1.29 bits per heavy atom. The first-order valence-corrected chi connectivity index (χ1v) is 7.47. The van der Waals surface area contributed by atoms with Gasteiger partial charge in [0.1, 0.15) is 0 Å². The minimum atomic E-state index is 0.193. The van der Waals surface area contributed by atoms with Gasteiger partial charge in [-0.1, -0.05) is 6.92 Å². The van der Waals surface area contributed by atoms with Crippen molar-refractivity contribution >= 4 is 15.9 Å². The van der Waals surface area contributed by atoms with E-state index in [1.165, 1.54) is 0 Å². The van der Waals surface area contributed by atoms with Gasteiger partial charge in [-0.2, -0.15) is 0 Å². The number of hydrogen-bond donors (Lipinski definition) is 1. The molecular weight excluding hydrogens is 338 g/mol. The Balaban J connectivity index is 2.14. The Morgan fingerprint density at radius 2 is 2.05 bits per heavy atom. The van der Waals surface area contributed by atoms with E-state index in [1.54, 1.807) is 7.11 Å². The zero-order chi connectivity index (χ0) is 15.2. The molecule has 0 amide bonds. The molecule has 1 aromatic carbocycles. The molecule has 0 aliphatic carbocycles. The van der Waals surface area contributed by atoms with Gasteiger partial charge in [0.05, 0.1) is 11.6 Å². The number of hydrogen-bond acceptors (Lipinski definition) is 6. The van der Waals surface area contributed by atoms with Crippen LogP contribution in [0.5, 0.6) is 11.5 Å². The molecule has 114 valence electrons. The third-order valence-electron chi connectivity index (χ3n) is 2.87. The highest BCUT2D eigenvalue weighted by Crippen LogP contribution is 2.37. The zero-order valence-corrected chi connectivity index (χ0v) is 13.6. The summed E-state index contributed by atoms with van der Waals surface area (Å²) in [6.45, 7) is 2.73. The van der Waals surface area contributed by atoms with E-state index in [4.69, 9.17) is 19.6 Å². The van der Waals surface area contributed by atoms with Gasteiger partial charge < -0.3 is 19.6 Å². The van der Waals surface area contributed by atoms with Crippen LogP contribution in [-0.4, -0.2) is 23.9 Å². The molecule has 6 nitrogen and oxygen atoms in total. The van der Waals surface area contributed by atoms with Crippen LogP contribution in [0.1, 0.15) is 24.3 Å². The number of halogens is 1. The van der Waals surface area contributed by atoms with Gasteiger partial charge in [0.25, 0.3) is 5.89 Å². The van der Waals surface area contributed by atoms with Crippen LogP contribution in [0, 0.1) is 0 Å². The normalized spacial score (nSPS) is 10.7. The Morgan fingerprint density at radius 3 is 2.67 bits per heavy atom. The lowest BCUT2D eigenvalue weighted by atomic mass is 10.1. The molecule has 2 rings (SSSR count). The number of rotatable bonds is 7. The molecule has 0 fully saturated rings. The lowest BCUT2D eigenvalue weighted by Gasteiger charge is -2.13. The second kappa shape index (κ2) is 7.42. The standard InChI is InChI=1S/C14H18BrN3O3/c1-3-12-17-18-13(21-12)8-20-14-10(15)6-9(4-5-16)7-11(14)19-2/h6-7H,3-5,8,16H2,1-2H3. The van der Waals surface area contributed by atoms with Crippen molar-refractivity contribution in [1.29, 1.82) is 0 Å². The van der Waals surface area contributed by atoms with Gasteiger partial charge >= 0.3 is 0 Å². The summed E-state index contributed by atoms with van der Waals surface area (Å²) in [6, 6.07) is 3.88. The van der Waals surface area contributed by atoms with Crippen LogP contribution in [0.4, 0.5) is 0 Å². The van der Waals surface area contributed by atoms with Crippen LogP contribution in [0.15, 0.2) is 21.0 Å². The van der Waals surface area contributed by atoms with Gasteiger partial charge in [-0.05, 0) is 46.6 Å². The quantitative estimate of drug-likeness (QED) is 0.821. The highest BCUT2D eigenvalue weighted by atomic mass is 79.9. The SMILES string of the molecule is CCc1nnc(COc2c(Br)cc(CCN)cc2OC)o1. The van der Waals surface area contributed by atoms with Crippen LogP contribution in [0.25, 0.3) is 0 Å². The Bertz CT molecular complexity index is 601. The van der Waals surface area contributed by atoms with Crippen molar-refractivity contribution < 1.29 is 13.9 Å². The average molecular weight is 356 g/mol. The van der Waals surface area contributed by atoms with Crippen molar-refractivity contribution in [3.8, 4) is 11.5 Å². The highest BCUT2D eigenvalue weighted by Gasteiger charge is 2.13. The number of benzene rings is 1. The fraction of sp³-hybridized carbons (Fsp3) is 0.429. The molecule has 7 heteroatoms. The monoisotopic (exact) mass is 355 g/mol. The van der Waals surface area contributed by atoms with Crippen LogP contribution < -0.4 is 15.2 Å². The smallest absolute Gasteiger partial charge is 0.253 e. The van der Waals surface area contributed by atoms with E-state index in [9.17, 15) is 0 Å². The second-order valence-corrected chi connectivity index (χ2v) is 5.23. The Hall–Kier alpha value is -1.60. The lowest BCUT2D eigenvalue weighted by molar-refractivity contribution is 0.245. The molecule has 21 heavy (non-hydrogen) atoms. The van der Waals surface area contributed by atoms with Crippen LogP contribution >= 0.6 is 15.9 Å². The van der Waals surface area contributed by atoms with E-state index in [1.807, 2.05) is 19.1 Å². The Labute approximate surface area is 131 Å². The third-order valence-corrected chi connectivity index (χ3v) is 3.46. The highest BCUT2D eigenvalue weighted by molar-refractivity contribution is 9.10. The van der Waals surface area contributed by atoms with E-state index in [0.717, 1.165) is 16.5 Å². The molecule has 2 N–H and O–H groups in total. The molecule has 0 atom stereocenters. The number of aromatic nitrogens is 2. The van der Waals surface area contributed by atoms with Crippen molar-refractivity contribution in [1.82, 2.24) is 10.2 Å². The van der Waals surface area contributed by atoms with E-state index < -0.39 is 0 Å². The number of methoxy groups -OCH3 is 1. The molecule has 0 aliphatic rings. The number of aryl methyl sites for hydroxylation is 1. The van der Waals surface area contributed by atoms with Gasteiger partial charge in [-0.3, -0.25) is 0 Å². The number of ether oxygens (including phenoxy) is 2. The summed E-state index contributed by atoms with van der Waals surface area (Å²) in [5.74, 6) is 2.28. The molecule has 0 saturated carbocycles. The first kappa shape index (κ1) is 15.8. The summed E-state index contributed by atoms with van der Waals surface area (Å²) in [6.07, 6.45) is 1.48. The summed E-state index contributed by atoms with van der Waals surface area (Å²) in [4.78, 5) is 0. The van der Waals surface area contributed by atoms with E-state index >= 15 is 0 Å². The lowest BCUT2D eigenvalue weighted by Crippen LogP contribution is -2.04. The van der Waals surface area contributed by atoms with E-state index in [-0.39, 0.29) is 6.61 Å². The molecule has 2 aromatic rings. The molecule has 0 aliphatic heterocycles. The summed E-state index contributed by atoms with van der Waals surface area (Å²) < 4.78 is 17.3. The maximum Gasteiger partial charge on any atom is 0.253 e. The van der Waals surface area contributed by atoms with Crippen molar-refractivity contribution in [3.63, 3.8) is 0 Å². The minimum Gasteiger partial charge on any atom is -0.493 e. The fourth-order valence-electron chi connectivity index (χ4n) is 1.85. The second-order valence-electron chi connectivity index (χ2n) is 4.38. The Kier molecular flexibility index (Phi) is 5.58. The van der Waals surface area contributed by atoms with Crippen molar-refractivity contribution in [2.45, 2.75) is 26.4 Å². The van der Waals surface area contributed by atoms with E-state index in [0.29, 0.717) is 36.2 Å². The van der Waals surface area contributed by atoms with Gasteiger partial charge in [0.15, 0.2) is 18.1 Å². The molecule has 1 heterocycles. The van der Waals surface area contributed by atoms with Gasteiger partial charge in [-0.25, -0.2) is 0 Å². The first-order chi connectivity index (χ1) is 10.2. The van der Waals surface area contributed by atoms with Crippen molar-refractivity contribution in [2.75, 3.05) is 13.7 Å². The summed E-state index contributed by atoms with van der Waals surface area (Å²) in [7, 11) is 1.60. The summed E-state index contributed by atoms with van der Waals surface area (Å²) >= 11 is 3.49. The summed E-state index contributed by atoms with van der Waals surface area (Å²) in [5.41, 5.74) is 6.66. The topological polar surface area (TPSA) is 83.4 Å². The number of nitrogens with two attached hydrogens (primary N) is 1. The van der Waals surface area contributed by atoms with E-state index in [2.05, 4.69) is 26.1 Å². The number of nitrogens with zero attached hydrogens (tertiary/aromatic N) is 2. The largest absolute Gasteiger partial charge is 0.493 e. The van der Waals surface area contributed by atoms with Gasteiger partial charge in [0.2, 0.25) is 5.89 Å². The molecule has 0 radical (unpaired) electrons. The maximum atomic E-state index is 5.74.